The van der Waals surface area contributed by atoms with Gasteiger partial charge in [0, 0.05) is 18.2 Å². The lowest BCUT2D eigenvalue weighted by atomic mass is 10.2. The number of pyridine rings is 1. The second kappa shape index (κ2) is 6.68. The zero-order valence-corrected chi connectivity index (χ0v) is 11.5. The zero-order chi connectivity index (χ0) is 13.6. The predicted octanol–water partition coefficient (Wildman–Crippen LogP) is 2.81. The van der Waals surface area contributed by atoms with Gasteiger partial charge in [-0.05, 0) is 25.0 Å². The lowest BCUT2D eigenvalue weighted by molar-refractivity contribution is 0.00864. The molecule has 0 N–H and O–H groups in total. The number of ether oxygens (including phenoxy) is 3. The first kappa shape index (κ1) is 13.3. The number of benzene rings is 1. The summed E-state index contributed by atoms with van der Waals surface area (Å²) >= 11 is 0. The Morgan fingerprint density at radius 2 is 2.15 bits per heavy atom. The van der Waals surface area contributed by atoms with Crippen molar-refractivity contribution in [3.05, 3.63) is 36.5 Å². The summed E-state index contributed by atoms with van der Waals surface area (Å²) in [6.45, 7) is 2.63. The first-order valence-electron chi connectivity index (χ1n) is 7.09. The molecule has 4 nitrogen and oxygen atoms in total. The van der Waals surface area contributed by atoms with Gasteiger partial charge < -0.3 is 14.2 Å². The van der Waals surface area contributed by atoms with Crippen molar-refractivity contribution in [2.24, 2.45) is 0 Å². The van der Waals surface area contributed by atoms with E-state index < -0.39 is 0 Å². The Balaban J connectivity index is 1.47. The van der Waals surface area contributed by atoms with Gasteiger partial charge in [0.15, 0.2) is 0 Å². The number of rotatable bonds is 6. The van der Waals surface area contributed by atoms with Gasteiger partial charge in [-0.1, -0.05) is 18.2 Å². The first-order valence-corrected chi connectivity index (χ1v) is 7.09. The Morgan fingerprint density at radius 3 is 3.05 bits per heavy atom. The van der Waals surface area contributed by atoms with Gasteiger partial charge in [-0.2, -0.15) is 0 Å². The van der Waals surface area contributed by atoms with Crippen LogP contribution >= 0.6 is 0 Å². The summed E-state index contributed by atoms with van der Waals surface area (Å²) in [5.41, 5.74) is 0.897. The van der Waals surface area contributed by atoms with Crippen molar-refractivity contribution in [2.75, 3.05) is 26.4 Å². The zero-order valence-electron chi connectivity index (χ0n) is 11.5. The molecule has 0 saturated carbocycles. The Morgan fingerprint density at radius 1 is 1.20 bits per heavy atom. The third-order valence-corrected chi connectivity index (χ3v) is 3.41. The second-order valence-corrected chi connectivity index (χ2v) is 4.89. The minimum Gasteiger partial charge on any atom is -0.489 e. The Kier molecular flexibility index (Phi) is 4.46. The quantitative estimate of drug-likeness (QED) is 0.759. The van der Waals surface area contributed by atoms with Crippen LogP contribution < -0.4 is 4.74 Å². The molecule has 0 bridgehead atoms. The molecule has 1 aliphatic rings. The average molecular weight is 273 g/mol. The number of aromatic nitrogens is 1. The van der Waals surface area contributed by atoms with Gasteiger partial charge in [0.1, 0.15) is 17.9 Å². The van der Waals surface area contributed by atoms with Crippen molar-refractivity contribution >= 4 is 10.9 Å². The van der Waals surface area contributed by atoms with Crippen LogP contribution in [0.1, 0.15) is 12.8 Å². The molecule has 4 heteroatoms. The average Bonchev–Trinajstić information content (AvgIpc) is 3.00. The van der Waals surface area contributed by atoms with Crippen molar-refractivity contribution in [1.82, 2.24) is 4.98 Å². The van der Waals surface area contributed by atoms with E-state index >= 15 is 0 Å². The molecule has 1 fully saturated rings. The molecular weight excluding hydrogens is 254 g/mol. The van der Waals surface area contributed by atoms with E-state index in [0.29, 0.717) is 19.8 Å². The fraction of sp³-hybridized carbons (Fsp3) is 0.438. The standard InChI is InChI=1S/C16H19NO3/c1-4-13-5-2-8-17-16(13)15(7-1)20-11-10-18-12-14-6-3-9-19-14/h1-2,4-5,7-8,14H,3,6,9-12H2. The molecule has 3 rings (SSSR count). The van der Waals surface area contributed by atoms with Gasteiger partial charge in [0.25, 0.3) is 0 Å². The molecule has 1 aromatic heterocycles. The maximum absolute atomic E-state index is 5.76. The van der Waals surface area contributed by atoms with Gasteiger partial charge in [-0.25, -0.2) is 0 Å². The largest absolute Gasteiger partial charge is 0.489 e. The van der Waals surface area contributed by atoms with Crippen LogP contribution in [0.3, 0.4) is 0 Å². The van der Waals surface area contributed by atoms with E-state index in [4.69, 9.17) is 14.2 Å². The van der Waals surface area contributed by atoms with Crippen LogP contribution in [-0.2, 0) is 9.47 Å². The smallest absolute Gasteiger partial charge is 0.145 e. The summed E-state index contributed by atoms with van der Waals surface area (Å²) in [6, 6.07) is 9.91. The number of fused-ring (bicyclic) bond motifs is 1. The lowest BCUT2D eigenvalue weighted by Crippen LogP contribution is -2.17. The monoisotopic (exact) mass is 273 g/mol. The molecule has 2 aromatic rings. The van der Waals surface area contributed by atoms with Gasteiger partial charge in [-0.3, -0.25) is 4.98 Å². The van der Waals surface area contributed by atoms with Crippen LogP contribution in [0.25, 0.3) is 10.9 Å². The summed E-state index contributed by atoms with van der Waals surface area (Å²) in [4.78, 5) is 4.36. The van der Waals surface area contributed by atoms with Crippen molar-refractivity contribution in [3.8, 4) is 5.75 Å². The number of para-hydroxylation sites is 1. The van der Waals surface area contributed by atoms with E-state index in [0.717, 1.165) is 36.1 Å². The van der Waals surface area contributed by atoms with Crippen LogP contribution in [0, 0.1) is 0 Å². The van der Waals surface area contributed by atoms with Crippen LogP contribution in [0.4, 0.5) is 0 Å². The van der Waals surface area contributed by atoms with Crippen molar-refractivity contribution in [2.45, 2.75) is 18.9 Å². The topological polar surface area (TPSA) is 40.6 Å². The third kappa shape index (κ3) is 3.26. The summed E-state index contributed by atoms with van der Waals surface area (Å²) in [7, 11) is 0. The number of hydrogen-bond acceptors (Lipinski definition) is 4. The number of nitrogens with zero attached hydrogens (tertiary/aromatic N) is 1. The molecular formula is C16H19NO3. The molecule has 1 unspecified atom stereocenters. The minimum atomic E-state index is 0.272. The maximum atomic E-state index is 5.76. The molecule has 20 heavy (non-hydrogen) atoms. The molecule has 0 radical (unpaired) electrons. The van der Waals surface area contributed by atoms with Crippen LogP contribution in [-0.4, -0.2) is 37.5 Å². The molecule has 1 saturated heterocycles. The highest BCUT2D eigenvalue weighted by Crippen LogP contribution is 2.22. The summed E-state index contributed by atoms with van der Waals surface area (Å²) in [5, 5.41) is 1.09. The second-order valence-electron chi connectivity index (χ2n) is 4.89. The van der Waals surface area contributed by atoms with Crippen molar-refractivity contribution in [3.63, 3.8) is 0 Å². The SMILES string of the molecule is c1cnc2c(OCCOCC3CCCO3)cccc2c1. The fourth-order valence-electron chi connectivity index (χ4n) is 2.39. The molecule has 106 valence electrons. The molecule has 1 atom stereocenters. The Labute approximate surface area is 118 Å². The number of hydrogen-bond donors (Lipinski definition) is 0. The first-order chi connectivity index (χ1) is 9.93. The third-order valence-electron chi connectivity index (χ3n) is 3.41. The predicted molar refractivity (Wildman–Crippen MR) is 77.0 cm³/mol. The summed E-state index contributed by atoms with van der Waals surface area (Å²) < 4.78 is 16.8. The molecule has 0 aliphatic carbocycles. The molecule has 0 amide bonds. The molecule has 1 aromatic carbocycles. The van der Waals surface area contributed by atoms with Gasteiger partial charge >= 0.3 is 0 Å². The highest BCUT2D eigenvalue weighted by Gasteiger charge is 2.15. The fourth-order valence-corrected chi connectivity index (χ4v) is 2.39. The molecule has 1 aliphatic heterocycles. The summed E-state index contributed by atoms with van der Waals surface area (Å²) in [5.74, 6) is 0.809. The highest BCUT2D eigenvalue weighted by atomic mass is 16.5. The Bertz CT molecular complexity index is 547. The summed E-state index contributed by atoms with van der Waals surface area (Å²) in [6.07, 6.45) is 4.30. The molecule has 0 spiro atoms. The lowest BCUT2D eigenvalue weighted by Gasteiger charge is -2.11. The normalized spacial score (nSPS) is 18.5. The van der Waals surface area contributed by atoms with E-state index in [1.54, 1.807) is 6.20 Å². The van der Waals surface area contributed by atoms with Crippen molar-refractivity contribution in [1.29, 1.82) is 0 Å². The van der Waals surface area contributed by atoms with Crippen LogP contribution in [0.5, 0.6) is 5.75 Å². The van der Waals surface area contributed by atoms with Crippen molar-refractivity contribution < 1.29 is 14.2 Å². The molecule has 2 heterocycles. The van der Waals surface area contributed by atoms with Gasteiger partial charge in [0.2, 0.25) is 0 Å². The van der Waals surface area contributed by atoms with Gasteiger partial charge in [0.05, 0.1) is 19.3 Å². The van der Waals surface area contributed by atoms with E-state index in [-0.39, 0.29) is 6.10 Å². The maximum Gasteiger partial charge on any atom is 0.145 e. The van der Waals surface area contributed by atoms with Crippen LogP contribution in [0.2, 0.25) is 0 Å². The van der Waals surface area contributed by atoms with Gasteiger partial charge in [-0.15, -0.1) is 0 Å². The van der Waals surface area contributed by atoms with E-state index in [2.05, 4.69) is 4.98 Å². The van der Waals surface area contributed by atoms with E-state index in [9.17, 15) is 0 Å². The Hall–Kier alpha value is -1.65. The van der Waals surface area contributed by atoms with E-state index in [1.807, 2.05) is 30.3 Å². The van der Waals surface area contributed by atoms with E-state index in [1.165, 1.54) is 0 Å². The minimum absolute atomic E-state index is 0.272. The van der Waals surface area contributed by atoms with Crippen LogP contribution in [0.15, 0.2) is 36.5 Å². The highest BCUT2D eigenvalue weighted by molar-refractivity contribution is 5.84.